The average molecular weight is 297 g/mol. The van der Waals surface area contributed by atoms with E-state index >= 15 is 0 Å². The monoisotopic (exact) mass is 297 g/mol. The van der Waals surface area contributed by atoms with E-state index < -0.39 is 0 Å². The summed E-state index contributed by atoms with van der Waals surface area (Å²) in [6.45, 7) is 6.73. The van der Waals surface area contributed by atoms with Crippen molar-refractivity contribution in [2.45, 2.75) is 13.3 Å². The Kier molecular flexibility index (Phi) is 10.5. The zero-order valence-electron chi connectivity index (χ0n) is 13.1. The fourth-order valence-corrected chi connectivity index (χ4v) is 1.62. The molecule has 1 aromatic rings. The van der Waals surface area contributed by atoms with Crippen molar-refractivity contribution in [1.82, 2.24) is 0 Å². The van der Waals surface area contributed by atoms with E-state index in [2.05, 4.69) is 12.2 Å². The van der Waals surface area contributed by atoms with E-state index in [0.717, 1.165) is 31.0 Å². The lowest BCUT2D eigenvalue weighted by Crippen LogP contribution is -2.13. The van der Waals surface area contributed by atoms with Crippen LogP contribution in [0.25, 0.3) is 0 Å². The average Bonchev–Trinajstić information content (AvgIpc) is 2.52. The van der Waals surface area contributed by atoms with Crippen LogP contribution in [0.3, 0.4) is 0 Å². The molecule has 120 valence electrons. The van der Waals surface area contributed by atoms with Gasteiger partial charge >= 0.3 is 0 Å². The number of benzene rings is 1. The molecular weight excluding hydrogens is 270 g/mol. The van der Waals surface area contributed by atoms with Crippen LogP contribution in [0.15, 0.2) is 24.3 Å². The highest BCUT2D eigenvalue weighted by molar-refractivity contribution is 5.46. The largest absolute Gasteiger partial charge is 0.494 e. The Morgan fingerprint density at radius 1 is 0.857 bits per heavy atom. The fraction of sp³-hybridized carbons (Fsp3) is 0.625. The van der Waals surface area contributed by atoms with Crippen molar-refractivity contribution >= 4 is 5.69 Å². The van der Waals surface area contributed by atoms with E-state index in [4.69, 9.17) is 18.9 Å². The van der Waals surface area contributed by atoms with Crippen LogP contribution >= 0.6 is 0 Å². The Labute approximate surface area is 127 Å². The number of rotatable bonds is 13. The highest BCUT2D eigenvalue weighted by Gasteiger charge is 1.95. The van der Waals surface area contributed by atoms with Gasteiger partial charge in [0.1, 0.15) is 5.75 Å². The second kappa shape index (κ2) is 12.4. The van der Waals surface area contributed by atoms with Crippen molar-refractivity contribution in [3.8, 4) is 5.75 Å². The first-order chi connectivity index (χ1) is 10.4. The van der Waals surface area contributed by atoms with E-state index in [-0.39, 0.29) is 0 Å². The summed E-state index contributed by atoms with van der Waals surface area (Å²) in [5.41, 5.74) is 1.07. The minimum absolute atomic E-state index is 0.604. The van der Waals surface area contributed by atoms with Gasteiger partial charge in [-0.1, -0.05) is 6.92 Å². The summed E-state index contributed by atoms with van der Waals surface area (Å²) in [6.07, 6.45) is 1.02. The molecule has 0 fully saturated rings. The highest BCUT2D eigenvalue weighted by atomic mass is 16.5. The molecule has 0 spiro atoms. The van der Waals surface area contributed by atoms with Gasteiger partial charge in [-0.3, -0.25) is 0 Å². The summed E-state index contributed by atoms with van der Waals surface area (Å²) < 4.78 is 21.2. The van der Waals surface area contributed by atoms with E-state index in [0.29, 0.717) is 33.0 Å². The van der Waals surface area contributed by atoms with Gasteiger partial charge in [-0.15, -0.1) is 0 Å². The number of hydrogen-bond acceptors (Lipinski definition) is 5. The molecule has 0 aliphatic heterocycles. The van der Waals surface area contributed by atoms with Crippen LogP contribution in [0.2, 0.25) is 0 Å². The van der Waals surface area contributed by atoms with Crippen LogP contribution < -0.4 is 10.1 Å². The smallest absolute Gasteiger partial charge is 0.119 e. The summed E-state index contributed by atoms with van der Waals surface area (Å²) in [5, 5.41) is 3.30. The lowest BCUT2D eigenvalue weighted by Gasteiger charge is -2.09. The minimum Gasteiger partial charge on any atom is -0.494 e. The van der Waals surface area contributed by atoms with E-state index in [1.807, 2.05) is 24.3 Å². The van der Waals surface area contributed by atoms with Gasteiger partial charge < -0.3 is 24.3 Å². The molecule has 0 aliphatic rings. The molecule has 0 atom stereocenters. The van der Waals surface area contributed by atoms with Crippen LogP contribution in [-0.2, 0) is 14.2 Å². The maximum absolute atomic E-state index is 5.53. The number of ether oxygens (including phenoxy) is 4. The molecule has 0 unspecified atom stereocenters. The van der Waals surface area contributed by atoms with Gasteiger partial charge in [0, 0.05) is 19.3 Å². The summed E-state index contributed by atoms with van der Waals surface area (Å²) >= 11 is 0. The molecule has 0 radical (unpaired) electrons. The van der Waals surface area contributed by atoms with Gasteiger partial charge in [-0.2, -0.15) is 0 Å². The minimum atomic E-state index is 0.604. The van der Waals surface area contributed by atoms with Crippen LogP contribution in [0.5, 0.6) is 5.75 Å². The fourth-order valence-electron chi connectivity index (χ4n) is 1.62. The van der Waals surface area contributed by atoms with Crippen molar-refractivity contribution in [2.24, 2.45) is 0 Å². The molecular formula is C16H27NO4. The molecule has 0 bridgehead atoms. The topological polar surface area (TPSA) is 49.0 Å². The first-order valence-corrected chi connectivity index (χ1v) is 7.48. The van der Waals surface area contributed by atoms with E-state index in [9.17, 15) is 0 Å². The first kappa shape index (κ1) is 17.8. The lowest BCUT2D eigenvalue weighted by atomic mass is 10.3. The lowest BCUT2D eigenvalue weighted by molar-refractivity contribution is 0.0272. The zero-order chi connectivity index (χ0) is 15.2. The van der Waals surface area contributed by atoms with Crippen LogP contribution in [0, 0.1) is 0 Å². The molecule has 1 rings (SSSR count). The molecule has 1 aromatic carbocycles. The Bertz CT molecular complexity index is 343. The molecule has 21 heavy (non-hydrogen) atoms. The molecule has 0 saturated carbocycles. The standard InChI is InChI=1S/C16H27NO4/c1-3-9-21-16-6-4-15(5-7-16)17-8-10-19-13-14-20-12-11-18-2/h4-7,17H,3,8-14H2,1-2H3. The van der Waals surface area contributed by atoms with Gasteiger partial charge in [-0.05, 0) is 30.7 Å². The van der Waals surface area contributed by atoms with Crippen molar-refractivity contribution < 1.29 is 18.9 Å². The predicted molar refractivity (Wildman–Crippen MR) is 84.2 cm³/mol. The second-order valence-electron chi connectivity index (χ2n) is 4.52. The SMILES string of the molecule is CCCOc1ccc(NCCOCCOCCOC)cc1. The molecule has 1 N–H and O–H groups in total. The summed E-state index contributed by atoms with van der Waals surface area (Å²) in [7, 11) is 1.66. The molecule has 5 heteroatoms. The van der Waals surface area contributed by atoms with Crippen LogP contribution in [0.1, 0.15) is 13.3 Å². The maximum Gasteiger partial charge on any atom is 0.119 e. The summed E-state index contributed by atoms with van der Waals surface area (Å²) in [4.78, 5) is 0. The van der Waals surface area contributed by atoms with Gasteiger partial charge in [0.2, 0.25) is 0 Å². The van der Waals surface area contributed by atoms with Gasteiger partial charge in [0.15, 0.2) is 0 Å². The van der Waals surface area contributed by atoms with Gasteiger partial charge in [0.05, 0.1) is 39.6 Å². The summed E-state index contributed by atoms with van der Waals surface area (Å²) in [6, 6.07) is 7.97. The third-order valence-electron chi connectivity index (χ3n) is 2.71. The normalized spacial score (nSPS) is 10.6. The summed E-state index contributed by atoms with van der Waals surface area (Å²) in [5.74, 6) is 0.909. The van der Waals surface area contributed by atoms with Crippen molar-refractivity contribution in [2.75, 3.05) is 58.6 Å². The van der Waals surface area contributed by atoms with Crippen molar-refractivity contribution in [1.29, 1.82) is 0 Å². The molecule has 0 heterocycles. The second-order valence-corrected chi connectivity index (χ2v) is 4.52. The van der Waals surface area contributed by atoms with Crippen molar-refractivity contribution in [3.05, 3.63) is 24.3 Å². The van der Waals surface area contributed by atoms with Gasteiger partial charge in [0.25, 0.3) is 0 Å². The van der Waals surface area contributed by atoms with Crippen molar-refractivity contribution in [3.63, 3.8) is 0 Å². The van der Waals surface area contributed by atoms with E-state index in [1.54, 1.807) is 7.11 Å². The van der Waals surface area contributed by atoms with E-state index in [1.165, 1.54) is 0 Å². The zero-order valence-corrected chi connectivity index (χ0v) is 13.1. The maximum atomic E-state index is 5.53. The quantitative estimate of drug-likeness (QED) is 0.567. The molecule has 0 saturated heterocycles. The predicted octanol–water partition coefficient (Wildman–Crippen LogP) is 2.57. The number of hydrogen-bond donors (Lipinski definition) is 1. The van der Waals surface area contributed by atoms with Gasteiger partial charge in [-0.25, -0.2) is 0 Å². The highest BCUT2D eigenvalue weighted by Crippen LogP contribution is 2.15. The number of methoxy groups -OCH3 is 1. The van der Waals surface area contributed by atoms with Crippen LogP contribution in [0.4, 0.5) is 5.69 Å². The third kappa shape index (κ3) is 9.28. The Morgan fingerprint density at radius 3 is 2.19 bits per heavy atom. The molecule has 0 aromatic heterocycles. The number of anilines is 1. The Balaban J connectivity index is 1.99. The Hall–Kier alpha value is -1.30. The third-order valence-corrected chi connectivity index (χ3v) is 2.71. The molecule has 5 nitrogen and oxygen atoms in total. The Morgan fingerprint density at radius 2 is 1.52 bits per heavy atom. The first-order valence-electron chi connectivity index (χ1n) is 7.48. The van der Waals surface area contributed by atoms with Crippen LogP contribution in [-0.4, -0.2) is 53.3 Å². The molecule has 0 aliphatic carbocycles. The molecule has 0 amide bonds. The number of nitrogens with one attached hydrogen (secondary N) is 1.